The molecule has 3 aliphatic carbocycles. The van der Waals surface area contributed by atoms with E-state index >= 15 is 9.59 Å². The molecular formula is C50H51NO10S2. The number of benzene rings is 4. The van der Waals surface area contributed by atoms with Crippen LogP contribution in [0.25, 0.3) is 0 Å². The smallest absolute Gasteiger partial charge is 0.339 e. The second-order valence-corrected chi connectivity index (χ2v) is 18.2. The van der Waals surface area contributed by atoms with E-state index in [2.05, 4.69) is 11.9 Å². The Morgan fingerprint density at radius 1 is 0.635 bits per heavy atom. The van der Waals surface area contributed by atoms with Gasteiger partial charge in [0.1, 0.15) is 26.4 Å². The van der Waals surface area contributed by atoms with Gasteiger partial charge in [0.15, 0.2) is 11.6 Å². The number of esters is 3. The van der Waals surface area contributed by atoms with Crippen molar-refractivity contribution in [1.82, 2.24) is 0 Å². The second-order valence-electron chi connectivity index (χ2n) is 16.0. The van der Waals surface area contributed by atoms with E-state index in [-0.39, 0.29) is 71.9 Å². The van der Waals surface area contributed by atoms with Crippen molar-refractivity contribution in [3.8, 4) is 0 Å². The SMILES string of the molecule is C=C(C)C(=O)OCCOC(=O)c1ccccc1Sc1ccc(NC2CCCCC2)c2c1C(=O)c1c(CC3CCCCC3)ccc(Sc3ccccc3C(=O)OCCOC=O)c1C2=O. The summed E-state index contributed by atoms with van der Waals surface area (Å²) < 4.78 is 20.7. The maximum atomic E-state index is 15.6. The van der Waals surface area contributed by atoms with Crippen molar-refractivity contribution in [3.63, 3.8) is 0 Å². The first-order valence-corrected chi connectivity index (χ1v) is 23.2. The number of ether oxygens (including phenoxy) is 4. The van der Waals surface area contributed by atoms with Gasteiger partial charge in [-0.25, -0.2) is 14.4 Å². The molecule has 0 spiro atoms. The summed E-state index contributed by atoms with van der Waals surface area (Å²) in [7, 11) is 0. The summed E-state index contributed by atoms with van der Waals surface area (Å²) in [6, 6.07) is 21.5. The molecule has 0 saturated heterocycles. The minimum atomic E-state index is -0.628. The fourth-order valence-corrected chi connectivity index (χ4v) is 10.7. The molecular weight excluding hydrogens is 839 g/mol. The molecule has 7 rings (SSSR count). The van der Waals surface area contributed by atoms with Crippen LogP contribution in [0.4, 0.5) is 5.69 Å². The number of nitrogens with one attached hydrogen (secondary N) is 1. The molecule has 0 aliphatic heterocycles. The van der Waals surface area contributed by atoms with Crippen LogP contribution < -0.4 is 5.32 Å². The molecule has 2 fully saturated rings. The van der Waals surface area contributed by atoms with Crippen molar-refractivity contribution in [2.75, 3.05) is 31.7 Å². The van der Waals surface area contributed by atoms with Crippen LogP contribution in [-0.4, -0.2) is 68.4 Å². The quantitative estimate of drug-likeness (QED) is 0.0292. The average Bonchev–Trinajstić information content (AvgIpc) is 3.30. The van der Waals surface area contributed by atoms with Crippen molar-refractivity contribution in [2.45, 2.75) is 103 Å². The highest BCUT2D eigenvalue weighted by molar-refractivity contribution is 7.99. The molecule has 0 heterocycles. The maximum Gasteiger partial charge on any atom is 0.339 e. The molecule has 11 nitrogen and oxygen atoms in total. The molecule has 328 valence electrons. The first-order valence-electron chi connectivity index (χ1n) is 21.6. The van der Waals surface area contributed by atoms with E-state index in [4.69, 9.17) is 18.9 Å². The average molecular weight is 890 g/mol. The number of hydrogen-bond acceptors (Lipinski definition) is 13. The highest BCUT2D eigenvalue weighted by Gasteiger charge is 2.39. The lowest BCUT2D eigenvalue weighted by molar-refractivity contribution is -0.140. The van der Waals surface area contributed by atoms with Gasteiger partial charge < -0.3 is 24.3 Å². The lowest BCUT2D eigenvalue weighted by Gasteiger charge is -2.30. The Kier molecular flexibility index (Phi) is 15.6. The van der Waals surface area contributed by atoms with Gasteiger partial charge in [0.2, 0.25) is 0 Å². The third-order valence-electron chi connectivity index (χ3n) is 11.6. The number of carbonyl (C=O) groups excluding carboxylic acids is 6. The van der Waals surface area contributed by atoms with Crippen molar-refractivity contribution in [3.05, 3.63) is 124 Å². The zero-order valence-electron chi connectivity index (χ0n) is 35.4. The van der Waals surface area contributed by atoms with Crippen molar-refractivity contribution >= 4 is 65.2 Å². The van der Waals surface area contributed by atoms with Crippen molar-refractivity contribution < 1.29 is 47.7 Å². The normalized spacial score (nSPS) is 15.1. The molecule has 63 heavy (non-hydrogen) atoms. The minimum absolute atomic E-state index is 0.0848. The van der Waals surface area contributed by atoms with Gasteiger partial charge in [-0.05, 0) is 80.1 Å². The highest BCUT2D eigenvalue weighted by Crippen LogP contribution is 2.46. The number of anilines is 1. The standard InChI is InChI=1S/C50H51NO10S2/c1-31(2)48(55)59-27-28-61-50(57)36-18-10-12-20-39(36)63-41-24-22-37(51-34-15-7-4-8-16-34)43-45(41)46(53)42-33(29-32-13-5-3-6-14-32)21-23-40(44(42)47(43)54)62-38-19-11-9-17-35(38)49(56)60-26-25-58-30-52/h9-12,17-24,30,32,34,51H,1,3-8,13-16,25-29H2,2H3. The Morgan fingerprint density at radius 3 is 1.76 bits per heavy atom. The molecule has 4 aromatic rings. The van der Waals surface area contributed by atoms with Crippen LogP contribution in [0.5, 0.6) is 0 Å². The van der Waals surface area contributed by atoms with Crippen LogP contribution in [0.2, 0.25) is 0 Å². The topological polar surface area (TPSA) is 151 Å². The first-order chi connectivity index (χ1) is 30.6. The number of ketones is 2. The lowest BCUT2D eigenvalue weighted by Crippen LogP contribution is -2.29. The van der Waals surface area contributed by atoms with E-state index in [0.29, 0.717) is 55.2 Å². The molecule has 0 amide bonds. The van der Waals surface area contributed by atoms with E-state index < -0.39 is 17.9 Å². The Hall–Kier alpha value is -5.66. The highest BCUT2D eigenvalue weighted by atomic mass is 32.2. The monoisotopic (exact) mass is 889 g/mol. The molecule has 0 atom stereocenters. The third kappa shape index (κ3) is 10.9. The molecule has 1 N–H and O–H groups in total. The maximum absolute atomic E-state index is 15.6. The van der Waals surface area contributed by atoms with E-state index in [1.54, 1.807) is 48.5 Å². The van der Waals surface area contributed by atoms with Crippen molar-refractivity contribution in [2.24, 2.45) is 5.92 Å². The number of fused-ring (bicyclic) bond motifs is 2. The Balaban J connectivity index is 1.30. The summed E-state index contributed by atoms with van der Waals surface area (Å²) in [6.45, 7) is 4.88. The lowest BCUT2D eigenvalue weighted by atomic mass is 9.77. The largest absolute Gasteiger partial charge is 0.464 e. The van der Waals surface area contributed by atoms with Gasteiger partial charge in [-0.2, -0.15) is 0 Å². The first kappa shape index (κ1) is 45.4. The molecule has 0 aromatic heterocycles. The molecule has 0 radical (unpaired) electrons. The predicted molar refractivity (Wildman–Crippen MR) is 240 cm³/mol. The van der Waals surface area contributed by atoms with Crippen LogP contribution in [0.1, 0.15) is 129 Å². The van der Waals surface area contributed by atoms with Gasteiger partial charge in [-0.3, -0.25) is 14.4 Å². The molecule has 0 unspecified atom stereocenters. The van der Waals surface area contributed by atoms with Gasteiger partial charge >= 0.3 is 17.9 Å². The summed E-state index contributed by atoms with van der Waals surface area (Å²) in [5, 5.41) is 3.66. The van der Waals surface area contributed by atoms with Crippen LogP contribution in [-0.2, 0) is 35.0 Å². The van der Waals surface area contributed by atoms with Crippen LogP contribution in [0.3, 0.4) is 0 Å². The number of hydrogen-bond donors (Lipinski definition) is 1. The molecule has 0 bridgehead atoms. The summed E-state index contributed by atoms with van der Waals surface area (Å²) in [5.41, 5.74) is 3.38. The molecule has 3 aliphatic rings. The number of rotatable bonds is 18. The van der Waals surface area contributed by atoms with E-state index in [1.165, 1.54) is 36.9 Å². The number of carbonyl (C=O) groups is 6. The van der Waals surface area contributed by atoms with Crippen LogP contribution in [0.15, 0.2) is 105 Å². The zero-order chi connectivity index (χ0) is 44.3. The van der Waals surface area contributed by atoms with E-state index in [1.807, 2.05) is 24.3 Å². The predicted octanol–water partition coefficient (Wildman–Crippen LogP) is 10.2. The van der Waals surface area contributed by atoms with Crippen LogP contribution in [0, 0.1) is 5.92 Å². The molecule has 4 aromatic carbocycles. The van der Waals surface area contributed by atoms with Crippen molar-refractivity contribution in [1.29, 1.82) is 0 Å². The Labute approximate surface area is 376 Å². The van der Waals surface area contributed by atoms with Gasteiger partial charge in [0.05, 0.1) is 16.7 Å². The molecule has 2 saturated carbocycles. The third-order valence-corrected chi connectivity index (χ3v) is 13.9. The van der Waals surface area contributed by atoms with Gasteiger partial charge in [0, 0.05) is 53.6 Å². The van der Waals surface area contributed by atoms with Gasteiger partial charge in [-0.15, -0.1) is 0 Å². The Bertz CT molecular complexity index is 2400. The van der Waals surface area contributed by atoms with Gasteiger partial charge in [-0.1, -0.05) is 112 Å². The fourth-order valence-electron chi connectivity index (χ4n) is 8.50. The molecule has 13 heteroatoms. The summed E-state index contributed by atoms with van der Waals surface area (Å²) in [4.78, 5) is 82.5. The zero-order valence-corrected chi connectivity index (χ0v) is 37.0. The summed E-state index contributed by atoms with van der Waals surface area (Å²) in [5.74, 6) is -2.03. The second kappa shape index (κ2) is 21.6. The Morgan fingerprint density at radius 2 is 1.16 bits per heavy atom. The fraction of sp³-hybridized carbons (Fsp3) is 0.360. The van der Waals surface area contributed by atoms with Gasteiger partial charge in [0.25, 0.3) is 6.47 Å². The van der Waals surface area contributed by atoms with E-state index in [9.17, 15) is 19.2 Å². The van der Waals surface area contributed by atoms with E-state index in [0.717, 1.165) is 63.4 Å². The van der Waals surface area contributed by atoms with Crippen LogP contribution >= 0.6 is 23.5 Å². The summed E-state index contributed by atoms with van der Waals surface area (Å²) in [6.07, 6.45) is 11.3. The summed E-state index contributed by atoms with van der Waals surface area (Å²) >= 11 is 2.45. The minimum Gasteiger partial charge on any atom is -0.464 e.